The number of unbranched alkanes of at least 4 members (excludes halogenated alkanes) is 9. The molecule has 0 aliphatic carbocycles. The molecule has 0 heterocycles. The summed E-state index contributed by atoms with van der Waals surface area (Å²) in [5.41, 5.74) is 0. The molecule has 82 valence electrons. The van der Waals surface area contributed by atoms with E-state index in [1.54, 1.807) is 0 Å². The summed E-state index contributed by atoms with van der Waals surface area (Å²) in [6, 6.07) is 0. The van der Waals surface area contributed by atoms with E-state index in [9.17, 15) is 0 Å². The van der Waals surface area contributed by atoms with E-state index in [0.29, 0.717) is 0 Å². The van der Waals surface area contributed by atoms with E-state index >= 15 is 0 Å². The molecular formula is C12H26Cl-. The first-order valence-corrected chi connectivity index (χ1v) is 5.91. The summed E-state index contributed by atoms with van der Waals surface area (Å²) in [4.78, 5) is 0. The Kier molecular flexibility index (Phi) is 17.9. The van der Waals surface area contributed by atoms with Crippen molar-refractivity contribution >= 4 is 0 Å². The largest absolute Gasteiger partial charge is 1.00 e. The van der Waals surface area contributed by atoms with E-state index in [4.69, 9.17) is 0 Å². The first kappa shape index (κ1) is 15.7. The van der Waals surface area contributed by atoms with Gasteiger partial charge in [-0.15, -0.1) is 0 Å². The maximum atomic E-state index is 2.28. The number of hydrogen-bond acceptors (Lipinski definition) is 0. The van der Waals surface area contributed by atoms with Crippen LogP contribution in [0.3, 0.4) is 0 Å². The fraction of sp³-hybridized carbons (Fsp3) is 1.00. The van der Waals surface area contributed by atoms with Crippen LogP contribution in [0, 0.1) is 0 Å². The summed E-state index contributed by atoms with van der Waals surface area (Å²) in [7, 11) is 0. The molecule has 0 fully saturated rings. The second-order valence-electron chi connectivity index (χ2n) is 3.83. The van der Waals surface area contributed by atoms with Crippen molar-refractivity contribution in [2.45, 2.75) is 78.1 Å². The van der Waals surface area contributed by atoms with Gasteiger partial charge >= 0.3 is 0 Å². The highest BCUT2D eigenvalue weighted by atomic mass is 35.5. The average molecular weight is 206 g/mol. The standard InChI is InChI=1S/C12H26.ClH/c1-3-5-7-9-11-12-10-8-6-4-2;/h3-12H2,1-2H3;1H/p-1. The van der Waals surface area contributed by atoms with Gasteiger partial charge in [-0.1, -0.05) is 78.1 Å². The van der Waals surface area contributed by atoms with Crippen LogP contribution in [0.15, 0.2) is 0 Å². The van der Waals surface area contributed by atoms with E-state index in [2.05, 4.69) is 13.8 Å². The summed E-state index contributed by atoms with van der Waals surface area (Å²) < 4.78 is 0. The summed E-state index contributed by atoms with van der Waals surface area (Å²) >= 11 is 0. The van der Waals surface area contributed by atoms with Crippen molar-refractivity contribution in [1.82, 2.24) is 0 Å². The molecule has 0 nitrogen and oxygen atoms in total. The number of rotatable bonds is 9. The first-order valence-electron chi connectivity index (χ1n) is 5.91. The third-order valence-electron chi connectivity index (χ3n) is 2.46. The smallest absolute Gasteiger partial charge is 0.0533 e. The number of hydrogen-bond donors (Lipinski definition) is 0. The minimum Gasteiger partial charge on any atom is -1.00 e. The summed E-state index contributed by atoms with van der Waals surface area (Å²) in [6.45, 7) is 4.56. The van der Waals surface area contributed by atoms with E-state index in [-0.39, 0.29) is 12.4 Å². The molecule has 0 unspecified atom stereocenters. The highest BCUT2D eigenvalue weighted by Gasteiger charge is 1.90. The highest BCUT2D eigenvalue weighted by Crippen LogP contribution is 2.09. The van der Waals surface area contributed by atoms with Crippen molar-refractivity contribution in [2.24, 2.45) is 0 Å². The van der Waals surface area contributed by atoms with E-state index in [0.717, 1.165) is 0 Å². The summed E-state index contributed by atoms with van der Waals surface area (Å²) in [6.07, 6.45) is 14.4. The van der Waals surface area contributed by atoms with Crippen molar-refractivity contribution in [3.05, 3.63) is 0 Å². The Balaban J connectivity index is 0. The van der Waals surface area contributed by atoms with Gasteiger partial charge in [-0.05, 0) is 0 Å². The Morgan fingerprint density at radius 3 is 0.923 bits per heavy atom. The Labute approximate surface area is 90.9 Å². The fourth-order valence-corrected chi connectivity index (χ4v) is 1.56. The van der Waals surface area contributed by atoms with Crippen LogP contribution in [0.4, 0.5) is 0 Å². The van der Waals surface area contributed by atoms with E-state index in [1.165, 1.54) is 64.2 Å². The molecule has 0 aromatic carbocycles. The van der Waals surface area contributed by atoms with Gasteiger partial charge in [0.1, 0.15) is 0 Å². The molecule has 0 aliphatic heterocycles. The Morgan fingerprint density at radius 2 is 0.692 bits per heavy atom. The second-order valence-corrected chi connectivity index (χ2v) is 3.83. The molecule has 0 atom stereocenters. The van der Waals surface area contributed by atoms with E-state index < -0.39 is 0 Å². The topological polar surface area (TPSA) is 0 Å². The van der Waals surface area contributed by atoms with Crippen molar-refractivity contribution in [3.8, 4) is 0 Å². The van der Waals surface area contributed by atoms with Crippen LogP contribution in [0.2, 0.25) is 0 Å². The van der Waals surface area contributed by atoms with Gasteiger partial charge in [-0.3, -0.25) is 0 Å². The third kappa shape index (κ3) is 15.1. The van der Waals surface area contributed by atoms with Gasteiger partial charge in [0.05, 0.1) is 0 Å². The number of halogens is 1. The molecule has 0 saturated heterocycles. The molecule has 0 N–H and O–H groups in total. The second kappa shape index (κ2) is 14.8. The Bertz CT molecular complexity index is 61.5. The molecule has 1 heteroatoms. The van der Waals surface area contributed by atoms with Crippen LogP contribution in [-0.2, 0) is 0 Å². The zero-order valence-electron chi connectivity index (χ0n) is 9.45. The van der Waals surface area contributed by atoms with Crippen molar-refractivity contribution < 1.29 is 12.4 Å². The van der Waals surface area contributed by atoms with Gasteiger partial charge in [0, 0.05) is 0 Å². The maximum Gasteiger partial charge on any atom is -0.0533 e. The lowest BCUT2D eigenvalue weighted by atomic mass is 10.1. The van der Waals surface area contributed by atoms with Gasteiger partial charge < -0.3 is 12.4 Å². The molecule has 0 aliphatic rings. The van der Waals surface area contributed by atoms with Crippen LogP contribution >= 0.6 is 0 Å². The quantitative estimate of drug-likeness (QED) is 0.505. The average Bonchev–Trinajstić information content (AvgIpc) is 2.10. The fourth-order valence-electron chi connectivity index (χ4n) is 1.56. The molecule has 0 bridgehead atoms. The Hall–Kier alpha value is 0.290. The van der Waals surface area contributed by atoms with Gasteiger partial charge in [-0.25, -0.2) is 0 Å². The van der Waals surface area contributed by atoms with Gasteiger partial charge in [0.15, 0.2) is 0 Å². The minimum atomic E-state index is 0. The van der Waals surface area contributed by atoms with Crippen LogP contribution < -0.4 is 12.4 Å². The molecule has 0 saturated carbocycles. The van der Waals surface area contributed by atoms with Crippen molar-refractivity contribution in [2.75, 3.05) is 0 Å². The van der Waals surface area contributed by atoms with Crippen molar-refractivity contribution in [3.63, 3.8) is 0 Å². The molecule has 13 heavy (non-hydrogen) atoms. The first-order chi connectivity index (χ1) is 5.91. The summed E-state index contributed by atoms with van der Waals surface area (Å²) in [5.74, 6) is 0. The molecular weight excluding hydrogens is 180 g/mol. The Morgan fingerprint density at radius 1 is 0.462 bits per heavy atom. The molecule has 0 rings (SSSR count). The lowest BCUT2D eigenvalue weighted by molar-refractivity contribution is -0.00000281. The normalized spacial score (nSPS) is 9.69. The lowest BCUT2D eigenvalue weighted by Crippen LogP contribution is -3.00. The molecule has 0 radical (unpaired) electrons. The highest BCUT2D eigenvalue weighted by molar-refractivity contribution is 4.45. The van der Waals surface area contributed by atoms with Crippen molar-refractivity contribution in [1.29, 1.82) is 0 Å². The molecule has 0 aromatic heterocycles. The van der Waals surface area contributed by atoms with Gasteiger partial charge in [0.2, 0.25) is 0 Å². The lowest BCUT2D eigenvalue weighted by Gasteiger charge is -1.99. The van der Waals surface area contributed by atoms with Crippen LogP contribution in [0.5, 0.6) is 0 Å². The molecule has 0 amide bonds. The predicted molar refractivity (Wildman–Crippen MR) is 57.5 cm³/mol. The van der Waals surface area contributed by atoms with E-state index in [1.807, 2.05) is 0 Å². The zero-order valence-corrected chi connectivity index (χ0v) is 10.2. The van der Waals surface area contributed by atoms with Crippen LogP contribution in [-0.4, -0.2) is 0 Å². The van der Waals surface area contributed by atoms with Gasteiger partial charge in [0.25, 0.3) is 0 Å². The predicted octanol–water partition coefficient (Wildman–Crippen LogP) is 1.93. The van der Waals surface area contributed by atoms with Crippen LogP contribution in [0.25, 0.3) is 0 Å². The zero-order chi connectivity index (χ0) is 9.07. The molecule has 0 aromatic rings. The summed E-state index contributed by atoms with van der Waals surface area (Å²) in [5, 5.41) is 0. The van der Waals surface area contributed by atoms with Crippen LogP contribution in [0.1, 0.15) is 78.1 Å². The maximum absolute atomic E-state index is 2.28. The minimum absolute atomic E-state index is 0. The SMILES string of the molecule is CCCCCCCCCCCC.[Cl-]. The molecule has 0 spiro atoms. The monoisotopic (exact) mass is 205 g/mol. The third-order valence-corrected chi connectivity index (χ3v) is 2.46. The van der Waals surface area contributed by atoms with Gasteiger partial charge in [-0.2, -0.15) is 0 Å².